The van der Waals surface area contributed by atoms with E-state index in [1.807, 2.05) is 86.3 Å². The Hall–Kier alpha value is -4.27. The van der Waals surface area contributed by atoms with Crippen LogP contribution in [0.5, 0.6) is 0 Å². The largest absolute Gasteiger partial charge is 0.393 e. The van der Waals surface area contributed by atoms with E-state index in [9.17, 15) is 24.2 Å². The highest BCUT2D eigenvalue weighted by atomic mass is 19.1. The number of allylic oxidation sites excluding steroid dienone is 1. The van der Waals surface area contributed by atoms with Crippen molar-refractivity contribution in [2.45, 2.75) is 64.3 Å². The summed E-state index contributed by atoms with van der Waals surface area (Å²) in [5.41, 5.74) is 4.23. The van der Waals surface area contributed by atoms with Gasteiger partial charge >= 0.3 is 0 Å². The minimum Gasteiger partial charge on any atom is -0.393 e. The molecule has 0 spiro atoms. The molecule has 1 heterocycles. The summed E-state index contributed by atoms with van der Waals surface area (Å²) in [6.07, 6.45) is -1.77. The van der Waals surface area contributed by atoms with Crippen molar-refractivity contribution in [3.8, 4) is 0 Å². The standard InChI is InChI=1S/C36H42FN3O4/c1-23(2)34-33(36(44)39-29-13-9-6-10-14-29)24(3)35(27-15-17-28(37)18-16-27)40(34)20-19-30(41)21-31(42)22-32(43)38-25(4)26-11-7-5-8-12-26/h5-18,23,25,30-31,35,41-42H,3,19-22H2,1-2,4H3,(H,38,43)(H,39,44)/t25-,30?,31+,35?/m1/s1. The minimum atomic E-state index is -1.03. The summed E-state index contributed by atoms with van der Waals surface area (Å²) < 4.78 is 13.8. The quantitative estimate of drug-likeness (QED) is 0.191. The molecule has 0 saturated carbocycles. The zero-order valence-electron chi connectivity index (χ0n) is 25.5. The van der Waals surface area contributed by atoms with Gasteiger partial charge < -0.3 is 25.7 Å². The van der Waals surface area contributed by atoms with Crippen LogP contribution in [-0.4, -0.2) is 45.7 Å². The Kier molecular flexibility index (Phi) is 11.1. The Morgan fingerprint density at radius 3 is 2.14 bits per heavy atom. The van der Waals surface area contributed by atoms with E-state index < -0.39 is 18.2 Å². The van der Waals surface area contributed by atoms with Crippen LogP contribution in [0, 0.1) is 11.7 Å². The molecule has 0 aromatic heterocycles. The number of aliphatic hydroxyl groups excluding tert-OH is 2. The summed E-state index contributed by atoms with van der Waals surface area (Å²) >= 11 is 0. The van der Waals surface area contributed by atoms with Gasteiger partial charge in [-0.15, -0.1) is 0 Å². The number of carbonyl (C=O) groups is 2. The number of amides is 2. The summed E-state index contributed by atoms with van der Waals surface area (Å²) in [6.45, 7) is 10.5. The molecule has 3 aromatic carbocycles. The first-order valence-electron chi connectivity index (χ1n) is 15.1. The normalized spacial score (nSPS) is 17.0. The second kappa shape index (κ2) is 14.9. The van der Waals surface area contributed by atoms with Gasteiger partial charge in [0.05, 0.1) is 36.3 Å². The zero-order chi connectivity index (χ0) is 31.8. The van der Waals surface area contributed by atoms with Crippen LogP contribution in [-0.2, 0) is 9.59 Å². The third kappa shape index (κ3) is 8.21. The molecule has 44 heavy (non-hydrogen) atoms. The second-order valence-corrected chi connectivity index (χ2v) is 11.6. The van der Waals surface area contributed by atoms with Crippen LogP contribution in [0.25, 0.3) is 0 Å². The fourth-order valence-corrected chi connectivity index (χ4v) is 5.79. The number of nitrogens with one attached hydrogen (secondary N) is 2. The van der Waals surface area contributed by atoms with Gasteiger partial charge in [0.15, 0.2) is 0 Å². The van der Waals surface area contributed by atoms with Crippen molar-refractivity contribution in [3.63, 3.8) is 0 Å². The fraction of sp³-hybridized carbons (Fsp3) is 0.333. The summed E-state index contributed by atoms with van der Waals surface area (Å²) in [6, 6.07) is 24.2. The van der Waals surface area contributed by atoms with Crippen LogP contribution in [0.1, 0.15) is 63.2 Å². The molecule has 7 nitrogen and oxygen atoms in total. The Bertz CT molecular complexity index is 1460. The summed E-state index contributed by atoms with van der Waals surface area (Å²) in [5, 5.41) is 27.4. The Balaban J connectivity index is 1.47. The van der Waals surface area contributed by atoms with Crippen LogP contribution in [0.4, 0.5) is 10.1 Å². The molecule has 1 aliphatic heterocycles. The van der Waals surface area contributed by atoms with Gasteiger partial charge in [0.25, 0.3) is 5.91 Å². The highest BCUT2D eigenvalue weighted by Gasteiger charge is 2.40. The van der Waals surface area contributed by atoms with Crippen LogP contribution in [0.3, 0.4) is 0 Å². The van der Waals surface area contributed by atoms with E-state index in [1.54, 1.807) is 12.1 Å². The van der Waals surface area contributed by atoms with Gasteiger partial charge in [-0.05, 0) is 66.6 Å². The smallest absolute Gasteiger partial charge is 0.257 e. The van der Waals surface area contributed by atoms with Gasteiger partial charge in [0.2, 0.25) is 5.91 Å². The lowest BCUT2D eigenvalue weighted by atomic mass is 9.95. The second-order valence-electron chi connectivity index (χ2n) is 11.6. The molecule has 0 fully saturated rings. The molecule has 4 atom stereocenters. The lowest BCUT2D eigenvalue weighted by Crippen LogP contribution is -2.33. The number of para-hydroxylation sites is 1. The number of hydrogen-bond acceptors (Lipinski definition) is 5. The number of benzene rings is 3. The van der Waals surface area contributed by atoms with Gasteiger partial charge in [0.1, 0.15) is 5.82 Å². The molecule has 2 amide bonds. The van der Waals surface area contributed by atoms with E-state index in [0.717, 1.165) is 16.8 Å². The number of rotatable bonds is 13. The van der Waals surface area contributed by atoms with Gasteiger partial charge in [-0.3, -0.25) is 9.59 Å². The van der Waals surface area contributed by atoms with Crippen LogP contribution in [0.2, 0.25) is 0 Å². The van der Waals surface area contributed by atoms with Crippen molar-refractivity contribution in [1.82, 2.24) is 10.2 Å². The number of anilines is 1. The van der Waals surface area contributed by atoms with Crippen molar-refractivity contribution >= 4 is 17.5 Å². The van der Waals surface area contributed by atoms with Crippen LogP contribution in [0.15, 0.2) is 108 Å². The van der Waals surface area contributed by atoms with Crippen molar-refractivity contribution in [2.24, 2.45) is 5.92 Å². The molecule has 232 valence electrons. The summed E-state index contributed by atoms with van der Waals surface area (Å²) in [7, 11) is 0. The predicted octanol–water partition coefficient (Wildman–Crippen LogP) is 6.06. The lowest BCUT2D eigenvalue weighted by Gasteiger charge is -2.33. The molecule has 2 unspecified atom stereocenters. The Labute approximate surface area is 259 Å². The van der Waals surface area contributed by atoms with Crippen molar-refractivity contribution in [1.29, 1.82) is 0 Å². The first kappa shape index (κ1) is 32.6. The van der Waals surface area contributed by atoms with Gasteiger partial charge in [-0.2, -0.15) is 0 Å². The topological polar surface area (TPSA) is 102 Å². The summed E-state index contributed by atoms with van der Waals surface area (Å²) in [4.78, 5) is 28.2. The number of nitrogens with zero attached hydrogens (tertiary/aromatic N) is 1. The molecular weight excluding hydrogens is 557 g/mol. The predicted molar refractivity (Wildman–Crippen MR) is 171 cm³/mol. The first-order chi connectivity index (χ1) is 21.0. The maximum absolute atomic E-state index is 13.8. The maximum Gasteiger partial charge on any atom is 0.257 e. The maximum atomic E-state index is 13.8. The van der Waals surface area contributed by atoms with E-state index in [-0.39, 0.29) is 48.9 Å². The fourth-order valence-electron chi connectivity index (χ4n) is 5.79. The van der Waals surface area contributed by atoms with E-state index in [0.29, 0.717) is 23.4 Å². The van der Waals surface area contributed by atoms with Crippen LogP contribution >= 0.6 is 0 Å². The molecule has 1 aliphatic rings. The Morgan fingerprint density at radius 2 is 1.52 bits per heavy atom. The molecular formula is C36H42FN3O4. The third-order valence-electron chi connectivity index (χ3n) is 7.87. The van der Waals surface area contributed by atoms with Crippen molar-refractivity contribution in [2.75, 3.05) is 11.9 Å². The van der Waals surface area contributed by atoms with E-state index in [1.165, 1.54) is 12.1 Å². The van der Waals surface area contributed by atoms with Gasteiger partial charge in [-0.1, -0.05) is 81.1 Å². The molecule has 0 aliphatic carbocycles. The molecule has 3 aromatic rings. The number of hydrogen-bond donors (Lipinski definition) is 4. The molecule has 8 heteroatoms. The van der Waals surface area contributed by atoms with Crippen LogP contribution < -0.4 is 10.6 Å². The highest BCUT2D eigenvalue weighted by molar-refractivity contribution is 6.08. The molecule has 0 radical (unpaired) electrons. The Morgan fingerprint density at radius 1 is 0.909 bits per heavy atom. The molecule has 0 bridgehead atoms. The SMILES string of the molecule is C=C1C(C(=O)Nc2ccccc2)=C(C(C)C)N(CCC(O)C[C@H](O)CC(=O)N[C@H](C)c2ccccc2)C1c1ccc(F)cc1. The average molecular weight is 600 g/mol. The number of carbonyl (C=O) groups excluding carboxylic acids is 2. The van der Waals surface area contributed by atoms with Crippen molar-refractivity contribution < 1.29 is 24.2 Å². The molecule has 4 N–H and O–H groups in total. The molecule has 4 rings (SSSR count). The number of aliphatic hydroxyl groups is 2. The van der Waals surface area contributed by atoms with Crippen molar-refractivity contribution in [3.05, 3.63) is 125 Å². The summed E-state index contributed by atoms with van der Waals surface area (Å²) in [5.74, 6) is -1.01. The highest BCUT2D eigenvalue weighted by Crippen LogP contribution is 2.45. The van der Waals surface area contributed by atoms with Gasteiger partial charge in [0, 0.05) is 17.9 Å². The average Bonchev–Trinajstić information content (AvgIpc) is 3.29. The van der Waals surface area contributed by atoms with Gasteiger partial charge in [-0.25, -0.2) is 4.39 Å². The monoisotopic (exact) mass is 599 g/mol. The zero-order valence-corrected chi connectivity index (χ0v) is 25.5. The van der Waals surface area contributed by atoms with E-state index >= 15 is 0 Å². The third-order valence-corrected chi connectivity index (χ3v) is 7.87. The molecule has 0 saturated heterocycles. The lowest BCUT2D eigenvalue weighted by molar-refractivity contribution is -0.124. The number of halogens is 1. The minimum absolute atomic E-state index is 0.0191. The van der Waals surface area contributed by atoms with E-state index in [2.05, 4.69) is 17.2 Å². The van der Waals surface area contributed by atoms with E-state index in [4.69, 9.17) is 0 Å². The first-order valence-corrected chi connectivity index (χ1v) is 15.1.